The number of nitrogens with zero attached hydrogens (tertiary/aromatic N) is 5. The number of aromatic nitrogens is 4. The number of hydrogen-bond donors (Lipinski definition) is 0. The van der Waals surface area contributed by atoms with E-state index in [9.17, 15) is 0 Å². The largest absolute Gasteiger partial charge is 0.276 e. The van der Waals surface area contributed by atoms with E-state index >= 15 is 0 Å². The van der Waals surface area contributed by atoms with Gasteiger partial charge in [-0.2, -0.15) is 9.97 Å². The molecule has 0 spiro atoms. The second-order valence-electron chi connectivity index (χ2n) is 9.99. The number of benzene rings is 5. The van der Waals surface area contributed by atoms with Crippen LogP contribution < -0.4 is 4.90 Å². The van der Waals surface area contributed by atoms with Gasteiger partial charge in [-0.15, -0.1) is 0 Å². The first kappa shape index (κ1) is 23.2. The molecule has 0 aliphatic carbocycles. The molecule has 0 unspecified atom stereocenters. The van der Waals surface area contributed by atoms with E-state index in [0.717, 1.165) is 50.1 Å². The molecule has 0 fully saturated rings. The van der Waals surface area contributed by atoms with Crippen LogP contribution in [0.3, 0.4) is 0 Å². The second-order valence-corrected chi connectivity index (χ2v) is 9.99. The lowest BCUT2D eigenvalue weighted by Gasteiger charge is -2.31. The lowest BCUT2D eigenvalue weighted by atomic mass is 9.90. The smallest absolute Gasteiger partial charge is 0.238 e. The molecule has 0 bridgehead atoms. The zero-order chi connectivity index (χ0) is 27.2. The Morgan fingerprint density at radius 2 is 1.07 bits per heavy atom. The fourth-order valence-electron chi connectivity index (χ4n) is 5.61. The van der Waals surface area contributed by atoms with Crippen LogP contribution >= 0.6 is 0 Å². The molecule has 2 aromatic heterocycles. The third-order valence-corrected chi connectivity index (χ3v) is 7.47. The van der Waals surface area contributed by atoms with Crippen molar-refractivity contribution in [3.63, 3.8) is 0 Å². The summed E-state index contributed by atoms with van der Waals surface area (Å²) in [5.74, 6) is 1.80. The van der Waals surface area contributed by atoms with Gasteiger partial charge in [0.05, 0.1) is 17.1 Å². The second kappa shape index (κ2) is 9.50. The first-order valence-corrected chi connectivity index (χ1v) is 13.6. The van der Waals surface area contributed by atoms with Crippen LogP contribution in [0.1, 0.15) is 0 Å². The van der Waals surface area contributed by atoms with Crippen molar-refractivity contribution in [1.82, 2.24) is 19.9 Å². The van der Waals surface area contributed by atoms with Gasteiger partial charge in [0.1, 0.15) is 0 Å². The molecule has 3 heterocycles. The zero-order valence-corrected chi connectivity index (χ0v) is 22.0. The molecule has 0 saturated heterocycles. The molecule has 192 valence electrons. The van der Waals surface area contributed by atoms with Crippen molar-refractivity contribution in [3.8, 4) is 45.2 Å². The van der Waals surface area contributed by atoms with Crippen LogP contribution in [-0.2, 0) is 0 Å². The lowest BCUT2D eigenvalue weighted by molar-refractivity contribution is 1.02. The highest BCUT2D eigenvalue weighted by Crippen LogP contribution is 2.50. The maximum atomic E-state index is 5.05. The molecule has 0 saturated carbocycles. The maximum absolute atomic E-state index is 5.05. The molecule has 1 aliphatic heterocycles. The van der Waals surface area contributed by atoms with Gasteiger partial charge in [-0.05, 0) is 46.8 Å². The number of pyridine rings is 1. The summed E-state index contributed by atoms with van der Waals surface area (Å²) in [6.45, 7) is 0. The van der Waals surface area contributed by atoms with E-state index in [1.807, 2.05) is 79.0 Å². The van der Waals surface area contributed by atoms with Gasteiger partial charge in [-0.1, -0.05) is 103 Å². The molecule has 41 heavy (non-hydrogen) atoms. The molecule has 0 radical (unpaired) electrons. The minimum Gasteiger partial charge on any atom is -0.276 e. The van der Waals surface area contributed by atoms with E-state index in [-0.39, 0.29) is 0 Å². The SMILES string of the molecule is c1ccc(-c2cc3c4c(cccc4c2)N(c2nc(-c4ccccc4)nc(-c4ccccc4)n2)c2cccnc2-3)cc1. The molecular weight excluding hydrogens is 502 g/mol. The molecular formula is C36H23N5. The summed E-state index contributed by atoms with van der Waals surface area (Å²) >= 11 is 0. The average Bonchev–Trinajstić information content (AvgIpc) is 3.06. The standard InChI is InChI=1S/C36H23N5/c1-4-12-24(13-5-1)28-22-27-18-10-19-30-32(27)29(23-28)33-31(20-11-21-37-33)41(30)36-39-34(25-14-6-2-7-15-25)38-35(40-36)26-16-8-3-9-17-26/h1-23H. The number of fused-ring (bicyclic) bond motifs is 2. The van der Waals surface area contributed by atoms with Crippen molar-refractivity contribution < 1.29 is 0 Å². The summed E-state index contributed by atoms with van der Waals surface area (Å²) in [5, 5.41) is 2.27. The topological polar surface area (TPSA) is 54.8 Å². The van der Waals surface area contributed by atoms with Gasteiger partial charge in [0.25, 0.3) is 0 Å². The molecule has 0 N–H and O–H groups in total. The Bertz CT molecular complexity index is 1980. The van der Waals surface area contributed by atoms with Gasteiger partial charge >= 0.3 is 0 Å². The van der Waals surface area contributed by atoms with Crippen LogP contribution in [0, 0.1) is 0 Å². The van der Waals surface area contributed by atoms with Crippen LogP contribution in [0.25, 0.3) is 55.9 Å². The summed E-state index contributed by atoms with van der Waals surface area (Å²) in [6, 6.07) is 45.6. The average molecular weight is 526 g/mol. The molecule has 0 atom stereocenters. The van der Waals surface area contributed by atoms with Crippen molar-refractivity contribution >= 4 is 28.1 Å². The van der Waals surface area contributed by atoms with E-state index in [4.69, 9.17) is 19.9 Å². The molecule has 5 nitrogen and oxygen atoms in total. The first-order valence-electron chi connectivity index (χ1n) is 13.6. The fraction of sp³-hybridized carbons (Fsp3) is 0. The Morgan fingerprint density at radius 1 is 0.463 bits per heavy atom. The Kier molecular flexibility index (Phi) is 5.38. The third-order valence-electron chi connectivity index (χ3n) is 7.47. The zero-order valence-electron chi connectivity index (χ0n) is 22.0. The van der Waals surface area contributed by atoms with Crippen LogP contribution in [0.2, 0.25) is 0 Å². The van der Waals surface area contributed by atoms with Crippen molar-refractivity contribution in [2.24, 2.45) is 0 Å². The quantitative estimate of drug-likeness (QED) is 0.230. The minimum absolute atomic E-state index is 0.553. The Morgan fingerprint density at radius 3 is 1.73 bits per heavy atom. The normalized spacial score (nSPS) is 11.9. The summed E-state index contributed by atoms with van der Waals surface area (Å²) in [6.07, 6.45) is 1.85. The van der Waals surface area contributed by atoms with Crippen LogP contribution in [0.15, 0.2) is 140 Å². The summed E-state index contributed by atoms with van der Waals surface area (Å²) in [7, 11) is 0. The first-order chi connectivity index (χ1) is 20.3. The van der Waals surface area contributed by atoms with Crippen LogP contribution in [-0.4, -0.2) is 19.9 Å². The highest BCUT2D eigenvalue weighted by molar-refractivity contribution is 6.13. The fourth-order valence-corrected chi connectivity index (χ4v) is 5.61. The number of hydrogen-bond acceptors (Lipinski definition) is 5. The van der Waals surface area contributed by atoms with E-state index in [1.165, 1.54) is 5.56 Å². The van der Waals surface area contributed by atoms with Crippen molar-refractivity contribution in [2.45, 2.75) is 0 Å². The highest BCUT2D eigenvalue weighted by atomic mass is 15.3. The number of rotatable bonds is 4. The predicted octanol–water partition coefficient (Wildman–Crippen LogP) is 8.87. The maximum Gasteiger partial charge on any atom is 0.238 e. The highest BCUT2D eigenvalue weighted by Gasteiger charge is 2.29. The third kappa shape index (κ3) is 3.95. The van der Waals surface area contributed by atoms with Crippen LogP contribution in [0.4, 0.5) is 17.3 Å². The van der Waals surface area contributed by atoms with Gasteiger partial charge in [0.2, 0.25) is 5.95 Å². The van der Waals surface area contributed by atoms with Gasteiger partial charge in [-0.25, -0.2) is 4.98 Å². The van der Waals surface area contributed by atoms with Crippen molar-refractivity contribution in [1.29, 1.82) is 0 Å². The predicted molar refractivity (Wildman–Crippen MR) is 165 cm³/mol. The Hall–Kier alpha value is -5.68. The lowest BCUT2D eigenvalue weighted by Crippen LogP contribution is -2.19. The molecule has 5 heteroatoms. The number of anilines is 3. The van der Waals surface area contributed by atoms with Gasteiger partial charge in [-0.3, -0.25) is 9.88 Å². The summed E-state index contributed by atoms with van der Waals surface area (Å²) in [5.41, 5.74) is 8.15. The van der Waals surface area contributed by atoms with E-state index in [0.29, 0.717) is 17.6 Å². The molecule has 0 amide bonds. The van der Waals surface area contributed by atoms with Crippen molar-refractivity contribution in [2.75, 3.05) is 4.90 Å². The van der Waals surface area contributed by atoms with E-state index in [1.54, 1.807) is 0 Å². The minimum atomic E-state index is 0.553. The summed E-state index contributed by atoms with van der Waals surface area (Å²) in [4.78, 5) is 22.0. The van der Waals surface area contributed by atoms with Crippen LogP contribution in [0.5, 0.6) is 0 Å². The molecule has 5 aromatic carbocycles. The van der Waals surface area contributed by atoms with E-state index in [2.05, 4.69) is 65.6 Å². The Labute approximate surface area is 237 Å². The van der Waals surface area contributed by atoms with Crippen molar-refractivity contribution in [3.05, 3.63) is 140 Å². The summed E-state index contributed by atoms with van der Waals surface area (Å²) < 4.78 is 0. The molecule has 8 rings (SSSR count). The van der Waals surface area contributed by atoms with Gasteiger partial charge in [0, 0.05) is 28.3 Å². The molecule has 1 aliphatic rings. The van der Waals surface area contributed by atoms with Gasteiger partial charge in [0.15, 0.2) is 11.6 Å². The monoisotopic (exact) mass is 525 g/mol. The Balaban J connectivity index is 1.41. The van der Waals surface area contributed by atoms with Gasteiger partial charge < -0.3 is 0 Å². The van der Waals surface area contributed by atoms with E-state index < -0.39 is 0 Å². The molecule has 7 aromatic rings.